The van der Waals surface area contributed by atoms with Crippen molar-refractivity contribution in [1.82, 2.24) is 0 Å². The van der Waals surface area contributed by atoms with Crippen LogP contribution in [0, 0.1) is 5.82 Å². The van der Waals surface area contributed by atoms with Crippen molar-refractivity contribution in [3.8, 4) is 0 Å². The van der Waals surface area contributed by atoms with Gasteiger partial charge in [0, 0.05) is 10.6 Å². The Morgan fingerprint density at radius 1 is 1.00 bits per heavy atom. The first kappa shape index (κ1) is 13.0. The molecular formula is C16H13Cl2F. The zero-order valence-electron chi connectivity index (χ0n) is 10.3. The summed E-state index contributed by atoms with van der Waals surface area (Å²) >= 11 is 12.2. The van der Waals surface area contributed by atoms with Gasteiger partial charge in [0.25, 0.3) is 0 Å². The summed E-state index contributed by atoms with van der Waals surface area (Å²) in [5, 5.41) is -0.0813. The molecule has 98 valence electrons. The van der Waals surface area contributed by atoms with E-state index in [4.69, 9.17) is 23.2 Å². The maximum absolute atomic E-state index is 13.9. The molecule has 0 fully saturated rings. The van der Waals surface area contributed by atoms with Gasteiger partial charge in [-0.3, -0.25) is 0 Å². The minimum Gasteiger partial charge on any atom is -0.207 e. The van der Waals surface area contributed by atoms with E-state index >= 15 is 0 Å². The summed E-state index contributed by atoms with van der Waals surface area (Å²) in [5.41, 5.74) is 4.16. The van der Waals surface area contributed by atoms with Gasteiger partial charge in [0.2, 0.25) is 0 Å². The molecule has 19 heavy (non-hydrogen) atoms. The number of alkyl halides is 1. The molecule has 0 spiro atoms. The van der Waals surface area contributed by atoms with Gasteiger partial charge in [-0.05, 0) is 48.1 Å². The molecule has 0 aliphatic heterocycles. The summed E-state index contributed by atoms with van der Waals surface area (Å²) in [6.45, 7) is 0. The maximum atomic E-state index is 13.9. The number of hydrogen-bond donors (Lipinski definition) is 0. The van der Waals surface area contributed by atoms with Gasteiger partial charge in [-0.2, -0.15) is 0 Å². The van der Waals surface area contributed by atoms with Crippen LogP contribution in [0.1, 0.15) is 34.1 Å². The fourth-order valence-corrected chi connectivity index (χ4v) is 3.11. The van der Waals surface area contributed by atoms with E-state index < -0.39 is 5.38 Å². The molecular weight excluding hydrogens is 282 g/mol. The lowest BCUT2D eigenvalue weighted by molar-refractivity contribution is 0.612. The number of benzene rings is 2. The number of hydrogen-bond acceptors (Lipinski definition) is 0. The molecule has 0 aromatic heterocycles. The molecule has 0 nitrogen and oxygen atoms in total. The van der Waals surface area contributed by atoms with Gasteiger partial charge in [-0.15, -0.1) is 11.6 Å². The summed E-state index contributed by atoms with van der Waals surface area (Å²) in [5.74, 6) is -0.354. The first-order valence-electron chi connectivity index (χ1n) is 6.36. The smallest absolute Gasteiger partial charge is 0.129 e. The van der Waals surface area contributed by atoms with E-state index in [9.17, 15) is 4.39 Å². The van der Waals surface area contributed by atoms with Crippen LogP contribution >= 0.6 is 23.2 Å². The average molecular weight is 295 g/mol. The van der Waals surface area contributed by atoms with Gasteiger partial charge in [0.1, 0.15) is 5.82 Å². The van der Waals surface area contributed by atoms with Crippen molar-refractivity contribution < 1.29 is 4.39 Å². The van der Waals surface area contributed by atoms with E-state index in [1.165, 1.54) is 23.6 Å². The third-order valence-corrected chi connectivity index (χ3v) is 4.37. The normalized spacial score (nSPS) is 15.3. The number of rotatable bonds is 2. The van der Waals surface area contributed by atoms with Crippen LogP contribution in [0.3, 0.4) is 0 Å². The molecule has 0 heterocycles. The minimum atomic E-state index is -0.469. The molecule has 0 bridgehead atoms. The molecule has 3 rings (SSSR count). The molecule has 0 saturated heterocycles. The van der Waals surface area contributed by atoms with Crippen LogP contribution in [0.25, 0.3) is 0 Å². The Morgan fingerprint density at radius 2 is 1.79 bits per heavy atom. The highest BCUT2D eigenvalue weighted by molar-refractivity contribution is 6.30. The lowest BCUT2D eigenvalue weighted by atomic mass is 10.00. The second-order valence-electron chi connectivity index (χ2n) is 4.91. The standard InChI is InChI=1S/C16H13Cl2F/c17-13-6-7-14(15(19)9-13)16(18)12-5-4-10-2-1-3-11(10)8-12/h4-9,16H,1-3H2. The topological polar surface area (TPSA) is 0 Å². The zero-order chi connectivity index (χ0) is 13.4. The summed E-state index contributed by atoms with van der Waals surface area (Å²) in [7, 11) is 0. The molecule has 1 unspecified atom stereocenters. The molecule has 1 aliphatic rings. The minimum absolute atomic E-state index is 0.354. The van der Waals surface area contributed by atoms with Gasteiger partial charge in [0.15, 0.2) is 0 Å². The monoisotopic (exact) mass is 294 g/mol. The van der Waals surface area contributed by atoms with Crippen molar-refractivity contribution in [2.45, 2.75) is 24.6 Å². The van der Waals surface area contributed by atoms with Gasteiger partial charge >= 0.3 is 0 Å². The molecule has 0 radical (unpaired) electrons. The van der Waals surface area contributed by atoms with E-state index in [0.29, 0.717) is 10.6 Å². The summed E-state index contributed by atoms with van der Waals surface area (Å²) in [6, 6.07) is 10.8. The summed E-state index contributed by atoms with van der Waals surface area (Å²) in [6.07, 6.45) is 3.43. The van der Waals surface area contributed by atoms with Crippen molar-refractivity contribution >= 4 is 23.2 Å². The predicted octanol–water partition coefficient (Wildman–Crippen LogP) is 5.30. The van der Waals surface area contributed by atoms with E-state index in [-0.39, 0.29) is 5.82 Å². The molecule has 1 aliphatic carbocycles. The Morgan fingerprint density at radius 3 is 2.58 bits per heavy atom. The van der Waals surface area contributed by atoms with Gasteiger partial charge in [-0.1, -0.05) is 35.9 Å². The van der Waals surface area contributed by atoms with Crippen molar-refractivity contribution in [2.75, 3.05) is 0 Å². The Bertz CT molecular complexity index is 622. The fraction of sp³-hybridized carbons (Fsp3) is 0.250. The first-order chi connectivity index (χ1) is 9.15. The van der Waals surface area contributed by atoms with Gasteiger partial charge < -0.3 is 0 Å². The highest BCUT2D eigenvalue weighted by Crippen LogP contribution is 2.34. The Kier molecular flexibility index (Phi) is 3.51. The third kappa shape index (κ3) is 2.50. The molecule has 0 saturated carbocycles. The highest BCUT2D eigenvalue weighted by atomic mass is 35.5. The van der Waals surface area contributed by atoms with E-state index in [0.717, 1.165) is 18.4 Å². The Balaban J connectivity index is 1.97. The van der Waals surface area contributed by atoms with Crippen LogP contribution in [0.15, 0.2) is 36.4 Å². The van der Waals surface area contributed by atoms with Crippen molar-refractivity contribution in [3.05, 3.63) is 69.5 Å². The Labute approximate surface area is 122 Å². The maximum Gasteiger partial charge on any atom is 0.129 e. The highest BCUT2D eigenvalue weighted by Gasteiger charge is 2.18. The zero-order valence-corrected chi connectivity index (χ0v) is 11.8. The van der Waals surface area contributed by atoms with E-state index in [1.807, 2.05) is 6.07 Å². The molecule has 2 aromatic carbocycles. The number of aryl methyl sites for hydroxylation is 2. The predicted molar refractivity (Wildman–Crippen MR) is 77.6 cm³/mol. The van der Waals surface area contributed by atoms with Gasteiger partial charge in [-0.25, -0.2) is 4.39 Å². The average Bonchev–Trinajstić information content (AvgIpc) is 2.85. The molecule has 3 heteroatoms. The van der Waals surface area contributed by atoms with Crippen molar-refractivity contribution in [1.29, 1.82) is 0 Å². The van der Waals surface area contributed by atoms with Crippen LogP contribution in [0.4, 0.5) is 4.39 Å². The second kappa shape index (κ2) is 5.15. The lowest BCUT2D eigenvalue weighted by Crippen LogP contribution is -1.98. The SMILES string of the molecule is Fc1cc(Cl)ccc1C(Cl)c1ccc2c(c1)CCC2. The van der Waals surface area contributed by atoms with E-state index in [2.05, 4.69) is 12.1 Å². The number of halogens is 3. The van der Waals surface area contributed by atoms with Gasteiger partial charge in [0.05, 0.1) is 5.38 Å². The second-order valence-corrected chi connectivity index (χ2v) is 5.78. The quantitative estimate of drug-likeness (QED) is 0.660. The molecule has 0 N–H and O–H groups in total. The van der Waals surface area contributed by atoms with E-state index in [1.54, 1.807) is 12.1 Å². The molecule has 0 amide bonds. The molecule has 2 aromatic rings. The lowest BCUT2D eigenvalue weighted by Gasteiger charge is -2.13. The fourth-order valence-electron chi connectivity index (χ4n) is 2.64. The van der Waals surface area contributed by atoms with Crippen LogP contribution in [-0.4, -0.2) is 0 Å². The van der Waals surface area contributed by atoms with Crippen LogP contribution < -0.4 is 0 Å². The van der Waals surface area contributed by atoms with Crippen LogP contribution in [-0.2, 0) is 12.8 Å². The molecule has 1 atom stereocenters. The first-order valence-corrected chi connectivity index (χ1v) is 7.17. The number of fused-ring (bicyclic) bond motifs is 1. The van der Waals surface area contributed by atoms with Crippen LogP contribution in [0.5, 0.6) is 0 Å². The summed E-state index contributed by atoms with van der Waals surface area (Å²) < 4.78 is 13.9. The summed E-state index contributed by atoms with van der Waals surface area (Å²) in [4.78, 5) is 0. The largest absolute Gasteiger partial charge is 0.207 e. The van der Waals surface area contributed by atoms with Crippen molar-refractivity contribution in [2.24, 2.45) is 0 Å². The Hall–Kier alpha value is -1.05. The van der Waals surface area contributed by atoms with Crippen LogP contribution in [0.2, 0.25) is 5.02 Å². The van der Waals surface area contributed by atoms with Crippen molar-refractivity contribution in [3.63, 3.8) is 0 Å². The third-order valence-electron chi connectivity index (χ3n) is 3.65.